The van der Waals surface area contributed by atoms with Gasteiger partial charge in [0, 0.05) is 11.5 Å². The number of carbonyl (C=O) groups is 1. The number of Topliss-reactive ketones (excluding diaryl/α,β-unsaturated/α-hetero) is 1. The summed E-state index contributed by atoms with van der Waals surface area (Å²) in [5, 5.41) is 9.07. The highest BCUT2D eigenvalue weighted by Crippen LogP contribution is 2.16. The van der Waals surface area contributed by atoms with Gasteiger partial charge in [0.2, 0.25) is 0 Å². The Kier molecular flexibility index (Phi) is 3.69. The number of hydrogen-bond donors (Lipinski definition) is 1. The maximum Gasteiger partial charge on any atom is 0.165 e. The molecule has 0 spiro atoms. The first-order valence-corrected chi connectivity index (χ1v) is 4.98. The van der Waals surface area contributed by atoms with Crippen molar-refractivity contribution in [3.63, 3.8) is 0 Å². The van der Waals surface area contributed by atoms with Crippen molar-refractivity contribution in [3.05, 3.63) is 29.8 Å². The van der Waals surface area contributed by atoms with E-state index in [0.29, 0.717) is 5.56 Å². The number of rotatable bonds is 4. The standard InChI is InChI=1S/C12H16O2/c1-3-4-9(2)12(14)10-5-7-11(13)8-6-10/h5-9,13H,3-4H2,1-2H3. The lowest BCUT2D eigenvalue weighted by atomic mass is 9.95. The molecule has 1 rings (SSSR count). The number of ketones is 1. The molecule has 0 aliphatic carbocycles. The van der Waals surface area contributed by atoms with Gasteiger partial charge in [-0.05, 0) is 30.7 Å². The molecule has 0 bridgehead atoms. The lowest BCUT2D eigenvalue weighted by Crippen LogP contribution is -2.10. The fourth-order valence-corrected chi connectivity index (χ4v) is 1.47. The Balaban J connectivity index is 2.74. The number of phenols is 1. The minimum Gasteiger partial charge on any atom is -0.508 e. The molecule has 1 atom stereocenters. The van der Waals surface area contributed by atoms with Crippen LogP contribution in [-0.2, 0) is 0 Å². The number of carbonyl (C=O) groups excluding carboxylic acids is 1. The van der Waals surface area contributed by atoms with Crippen LogP contribution in [0.25, 0.3) is 0 Å². The fourth-order valence-electron chi connectivity index (χ4n) is 1.47. The Morgan fingerprint density at radius 2 is 1.93 bits per heavy atom. The van der Waals surface area contributed by atoms with Crippen LogP contribution in [0.4, 0.5) is 0 Å². The van der Waals surface area contributed by atoms with E-state index in [1.54, 1.807) is 24.3 Å². The molecule has 2 nitrogen and oxygen atoms in total. The largest absolute Gasteiger partial charge is 0.508 e. The molecule has 0 radical (unpaired) electrons. The van der Waals surface area contributed by atoms with Crippen molar-refractivity contribution in [2.75, 3.05) is 0 Å². The Morgan fingerprint density at radius 3 is 2.43 bits per heavy atom. The molecule has 0 fully saturated rings. The van der Waals surface area contributed by atoms with Gasteiger partial charge in [-0.2, -0.15) is 0 Å². The van der Waals surface area contributed by atoms with Crippen LogP contribution in [0.5, 0.6) is 5.75 Å². The molecule has 2 heteroatoms. The average molecular weight is 192 g/mol. The quantitative estimate of drug-likeness (QED) is 0.744. The van der Waals surface area contributed by atoms with Crippen LogP contribution in [0.2, 0.25) is 0 Å². The molecule has 76 valence electrons. The highest BCUT2D eigenvalue weighted by atomic mass is 16.3. The van der Waals surface area contributed by atoms with E-state index in [0.717, 1.165) is 12.8 Å². The number of phenolic OH excluding ortho intramolecular Hbond substituents is 1. The highest BCUT2D eigenvalue weighted by Gasteiger charge is 2.13. The van der Waals surface area contributed by atoms with Crippen LogP contribution >= 0.6 is 0 Å². The molecule has 14 heavy (non-hydrogen) atoms. The van der Waals surface area contributed by atoms with Gasteiger partial charge in [-0.3, -0.25) is 4.79 Å². The molecular formula is C12H16O2. The smallest absolute Gasteiger partial charge is 0.165 e. The molecular weight excluding hydrogens is 176 g/mol. The third-order valence-corrected chi connectivity index (χ3v) is 2.32. The van der Waals surface area contributed by atoms with Gasteiger partial charge in [-0.25, -0.2) is 0 Å². The van der Waals surface area contributed by atoms with Gasteiger partial charge in [0.25, 0.3) is 0 Å². The van der Waals surface area contributed by atoms with E-state index in [4.69, 9.17) is 5.11 Å². The van der Waals surface area contributed by atoms with Crippen molar-refractivity contribution >= 4 is 5.78 Å². The molecule has 0 heterocycles. The summed E-state index contributed by atoms with van der Waals surface area (Å²) in [6.45, 7) is 4.01. The van der Waals surface area contributed by atoms with E-state index >= 15 is 0 Å². The third-order valence-electron chi connectivity index (χ3n) is 2.32. The molecule has 0 amide bonds. The molecule has 0 saturated heterocycles. The van der Waals surface area contributed by atoms with Gasteiger partial charge in [0.15, 0.2) is 5.78 Å². The Bertz CT molecular complexity index is 301. The third kappa shape index (κ3) is 2.59. The number of benzene rings is 1. The second-order valence-electron chi connectivity index (χ2n) is 3.60. The van der Waals surface area contributed by atoms with E-state index in [2.05, 4.69) is 6.92 Å². The van der Waals surface area contributed by atoms with E-state index in [9.17, 15) is 4.79 Å². The molecule has 0 aliphatic heterocycles. The molecule has 0 saturated carbocycles. The summed E-state index contributed by atoms with van der Waals surface area (Å²) in [7, 11) is 0. The number of aromatic hydroxyl groups is 1. The summed E-state index contributed by atoms with van der Waals surface area (Å²) in [5.41, 5.74) is 0.684. The Morgan fingerprint density at radius 1 is 1.36 bits per heavy atom. The Hall–Kier alpha value is -1.31. The fraction of sp³-hybridized carbons (Fsp3) is 0.417. The predicted octanol–water partition coefficient (Wildman–Crippen LogP) is 3.01. The number of hydrogen-bond acceptors (Lipinski definition) is 2. The van der Waals surface area contributed by atoms with E-state index in [-0.39, 0.29) is 17.5 Å². The lowest BCUT2D eigenvalue weighted by Gasteiger charge is -2.08. The monoisotopic (exact) mass is 192 g/mol. The van der Waals surface area contributed by atoms with Gasteiger partial charge in [0.05, 0.1) is 0 Å². The second kappa shape index (κ2) is 4.80. The summed E-state index contributed by atoms with van der Waals surface area (Å²) < 4.78 is 0. The zero-order valence-electron chi connectivity index (χ0n) is 8.66. The van der Waals surface area contributed by atoms with Gasteiger partial charge >= 0.3 is 0 Å². The topological polar surface area (TPSA) is 37.3 Å². The predicted molar refractivity (Wildman–Crippen MR) is 56.5 cm³/mol. The van der Waals surface area contributed by atoms with Gasteiger partial charge in [-0.15, -0.1) is 0 Å². The molecule has 0 aromatic heterocycles. The van der Waals surface area contributed by atoms with E-state index < -0.39 is 0 Å². The van der Waals surface area contributed by atoms with Crippen LogP contribution in [-0.4, -0.2) is 10.9 Å². The van der Waals surface area contributed by atoms with Crippen LogP contribution < -0.4 is 0 Å². The average Bonchev–Trinajstić information content (AvgIpc) is 2.18. The van der Waals surface area contributed by atoms with Crippen molar-refractivity contribution in [2.24, 2.45) is 5.92 Å². The lowest BCUT2D eigenvalue weighted by molar-refractivity contribution is 0.0923. The molecule has 1 aromatic rings. The first-order chi connectivity index (χ1) is 6.65. The summed E-state index contributed by atoms with van der Waals surface area (Å²) >= 11 is 0. The van der Waals surface area contributed by atoms with Crippen LogP contribution in [0.3, 0.4) is 0 Å². The Labute approximate surface area is 84.6 Å². The minimum atomic E-state index is 0.0737. The first-order valence-electron chi connectivity index (χ1n) is 4.98. The summed E-state index contributed by atoms with van der Waals surface area (Å²) in [5.74, 6) is 0.432. The summed E-state index contributed by atoms with van der Waals surface area (Å²) in [4.78, 5) is 11.8. The summed E-state index contributed by atoms with van der Waals surface area (Å²) in [6, 6.07) is 6.44. The zero-order valence-corrected chi connectivity index (χ0v) is 8.66. The van der Waals surface area contributed by atoms with E-state index in [1.165, 1.54) is 0 Å². The van der Waals surface area contributed by atoms with Gasteiger partial charge in [0.1, 0.15) is 5.75 Å². The SMILES string of the molecule is CCCC(C)C(=O)c1ccc(O)cc1. The normalized spacial score (nSPS) is 12.4. The van der Waals surface area contributed by atoms with Gasteiger partial charge in [-0.1, -0.05) is 20.3 Å². The first kappa shape index (κ1) is 10.8. The van der Waals surface area contributed by atoms with Crippen molar-refractivity contribution in [3.8, 4) is 5.75 Å². The van der Waals surface area contributed by atoms with Crippen LogP contribution in [0.1, 0.15) is 37.0 Å². The van der Waals surface area contributed by atoms with Crippen LogP contribution in [0.15, 0.2) is 24.3 Å². The van der Waals surface area contributed by atoms with Crippen LogP contribution in [0, 0.1) is 5.92 Å². The second-order valence-corrected chi connectivity index (χ2v) is 3.60. The molecule has 1 aromatic carbocycles. The molecule has 0 aliphatic rings. The summed E-state index contributed by atoms with van der Waals surface area (Å²) in [6.07, 6.45) is 1.94. The highest BCUT2D eigenvalue weighted by molar-refractivity contribution is 5.97. The zero-order chi connectivity index (χ0) is 10.6. The van der Waals surface area contributed by atoms with Gasteiger partial charge < -0.3 is 5.11 Å². The maximum atomic E-state index is 11.8. The van der Waals surface area contributed by atoms with E-state index in [1.807, 2.05) is 6.92 Å². The van der Waals surface area contributed by atoms with Crippen molar-refractivity contribution in [1.82, 2.24) is 0 Å². The molecule has 1 N–H and O–H groups in total. The molecule has 1 unspecified atom stereocenters. The minimum absolute atomic E-state index is 0.0737. The maximum absolute atomic E-state index is 11.8. The van der Waals surface area contributed by atoms with Crippen molar-refractivity contribution < 1.29 is 9.90 Å². The van der Waals surface area contributed by atoms with Crippen molar-refractivity contribution in [2.45, 2.75) is 26.7 Å². The van der Waals surface area contributed by atoms with Crippen molar-refractivity contribution in [1.29, 1.82) is 0 Å².